The number of hydrogen-bond donors (Lipinski definition) is 0. The van der Waals surface area contributed by atoms with Crippen LogP contribution >= 0.6 is 0 Å². The molecule has 0 fully saturated rings. The second-order valence-corrected chi connectivity index (χ2v) is 6.49. The van der Waals surface area contributed by atoms with Gasteiger partial charge in [0.1, 0.15) is 11.5 Å². The molecular formula is C19H22O2. The predicted octanol–water partition coefficient (Wildman–Crippen LogP) is 5.21. The average Bonchev–Trinajstić information content (AvgIpc) is 2.41. The van der Waals surface area contributed by atoms with E-state index in [4.69, 9.17) is 4.74 Å². The van der Waals surface area contributed by atoms with Gasteiger partial charge in [-0.3, -0.25) is 4.79 Å². The topological polar surface area (TPSA) is 26.3 Å². The number of carbonyl (C=O) groups is 1. The Kier molecular flexibility index (Phi) is 4.17. The van der Waals surface area contributed by atoms with Gasteiger partial charge in [-0.15, -0.1) is 0 Å². The van der Waals surface area contributed by atoms with Crippen molar-refractivity contribution in [2.24, 2.45) is 0 Å². The first-order chi connectivity index (χ1) is 9.81. The van der Waals surface area contributed by atoms with Crippen LogP contribution in [-0.2, 0) is 5.41 Å². The molecule has 0 bridgehead atoms. The molecule has 0 aliphatic heterocycles. The van der Waals surface area contributed by atoms with Crippen LogP contribution in [-0.4, -0.2) is 6.29 Å². The molecule has 2 rings (SSSR count). The summed E-state index contributed by atoms with van der Waals surface area (Å²) in [4.78, 5) is 11.2. The number of hydrogen-bond acceptors (Lipinski definition) is 2. The van der Waals surface area contributed by atoms with E-state index in [1.807, 2.05) is 38.1 Å². The maximum absolute atomic E-state index is 11.2. The summed E-state index contributed by atoms with van der Waals surface area (Å²) in [5.74, 6) is 1.39. The van der Waals surface area contributed by atoms with Crippen LogP contribution in [0, 0.1) is 13.8 Å². The number of aryl methyl sites for hydroxylation is 2. The van der Waals surface area contributed by atoms with Gasteiger partial charge in [0.2, 0.25) is 0 Å². The van der Waals surface area contributed by atoms with Crippen molar-refractivity contribution in [3.8, 4) is 11.5 Å². The molecule has 0 N–H and O–H groups in total. The van der Waals surface area contributed by atoms with Crippen LogP contribution in [0.3, 0.4) is 0 Å². The normalized spacial score (nSPS) is 11.3. The van der Waals surface area contributed by atoms with Gasteiger partial charge >= 0.3 is 0 Å². The molecule has 0 amide bonds. The molecule has 21 heavy (non-hydrogen) atoms. The summed E-state index contributed by atoms with van der Waals surface area (Å²) < 4.78 is 5.92. The maximum atomic E-state index is 11.2. The number of carbonyl (C=O) groups excluding carboxylic acids is 1. The Balaban J connectivity index is 2.35. The number of aldehydes is 1. The van der Waals surface area contributed by atoms with Gasteiger partial charge in [-0.2, -0.15) is 0 Å². The van der Waals surface area contributed by atoms with Crippen molar-refractivity contribution in [1.82, 2.24) is 0 Å². The van der Waals surface area contributed by atoms with Crippen molar-refractivity contribution < 1.29 is 9.53 Å². The van der Waals surface area contributed by atoms with Gasteiger partial charge in [-0.25, -0.2) is 0 Å². The lowest BCUT2D eigenvalue weighted by atomic mass is 9.86. The van der Waals surface area contributed by atoms with Gasteiger partial charge in [0.25, 0.3) is 0 Å². The van der Waals surface area contributed by atoms with E-state index in [1.54, 1.807) is 0 Å². The molecule has 0 saturated carbocycles. The molecule has 0 aromatic heterocycles. The van der Waals surface area contributed by atoms with E-state index in [2.05, 4.69) is 32.9 Å². The smallest absolute Gasteiger partial charge is 0.153 e. The van der Waals surface area contributed by atoms with Gasteiger partial charge in [-0.05, 0) is 48.6 Å². The third-order valence-corrected chi connectivity index (χ3v) is 3.55. The molecule has 2 heteroatoms. The van der Waals surface area contributed by atoms with Crippen LogP contribution in [0.15, 0.2) is 36.4 Å². The summed E-state index contributed by atoms with van der Waals surface area (Å²) in [5.41, 5.74) is 4.08. The Bertz CT molecular complexity index is 664. The standard InChI is InChI=1S/C19H22O2/c1-13-6-8-18(15(10-13)12-20)21-17-9-7-16(11-14(17)2)19(3,4)5/h6-12H,1-5H3. The van der Waals surface area contributed by atoms with Crippen molar-refractivity contribution in [3.63, 3.8) is 0 Å². The molecule has 0 spiro atoms. The summed E-state index contributed by atoms with van der Waals surface area (Å²) >= 11 is 0. The van der Waals surface area contributed by atoms with Crippen LogP contribution in [0.2, 0.25) is 0 Å². The Morgan fingerprint density at radius 1 is 0.952 bits per heavy atom. The summed E-state index contributed by atoms with van der Waals surface area (Å²) in [6, 6.07) is 11.8. The van der Waals surface area contributed by atoms with E-state index in [9.17, 15) is 4.79 Å². The van der Waals surface area contributed by atoms with Crippen molar-refractivity contribution in [1.29, 1.82) is 0 Å². The highest BCUT2D eigenvalue weighted by atomic mass is 16.5. The summed E-state index contributed by atoms with van der Waals surface area (Å²) in [5, 5.41) is 0. The van der Waals surface area contributed by atoms with Gasteiger partial charge in [0, 0.05) is 0 Å². The van der Waals surface area contributed by atoms with E-state index in [0.29, 0.717) is 11.3 Å². The molecular weight excluding hydrogens is 260 g/mol. The van der Waals surface area contributed by atoms with Gasteiger partial charge < -0.3 is 4.74 Å². The van der Waals surface area contributed by atoms with Crippen LogP contribution < -0.4 is 4.74 Å². The predicted molar refractivity (Wildman–Crippen MR) is 86.5 cm³/mol. The van der Waals surface area contributed by atoms with E-state index >= 15 is 0 Å². The minimum Gasteiger partial charge on any atom is -0.456 e. The highest BCUT2D eigenvalue weighted by Gasteiger charge is 2.15. The average molecular weight is 282 g/mol. The van der Waals surface area contributed by atoms with Crippen LogP contribution in [0.1, 0.15) is 47.8 Å². The second kappa shape index (κ2) is 5.72. The van der Waals surface area contributed by atoms with E-state index in [1.165, 1.54) is 5.56 Å². The molecule has 0 unspecified atom stereocenters. The zero-order valence-electron chi connectivity index (χ0n) is 13.4. The lowest BCUT2D eigenvalue weighted by molar-refractivity contribution is 0.112. The molecule has 0 aliphatic rings. The zero-order chi connectivity index (χ0) is 15.6. The van der Waals surface area contributed by atoms with Crippen molar-refractivity contribution in [2.45, 2.75) is 40.0 Å². The number of benzene rings is 2. The zero-order valence-corrected chi connectivity index (χ0v) is 13.4. The van der Waals surface area contributed by atoms with Gasteiger partial charge in [0.15, 0.2) is 6.29 Å². The molecule has 0 radical (unpaired) electrons. The van der Waals surface area contributed by atoms with E-state index < -0.39 is 0 Å². The monoisotopic (exact) mass is 282 g/mol. The third kappa shape index (κ3) is 3.52. The number of rotatable bonds is 3. The van der Waals surface area contributed by atoms with Gasteiger partial charge in [0.05, 0.1) is 5.56 Å². The highest BCUT2D eigenvalue weighted by molar-refractivity contribution is 5.79. The lowest BCUT2D eigenvalue weighted by Gasteiger charge is -2.20. The molecule has 0 atom stereocenters. The minimum absolute atomic E-state index is 0.112. The fraction of sp³-hybridized carbons (Fsp3) is 0.316. The molecule has 2 aromatic rings. The Labute approximate surface area is 126 Å². The van der Waals surface area contributed by atoms with Crippen molar-refractivity contribution >= 4 is 6.29 Å². The molecule has 0 saturated heterocycles. The fourth-order valence-corrected chi connectivity index (χ4v) is 2.20. The molecule has 110 valence electrons. The highest BCUT2D eigenvalue weighted by Crippen LogP contribution is 2.31. The first-order valence-electron chi connectivity index (χ1n) is 7.16. The maximum Gasteiger partial charge on any atom is 0.153 e. The molecule has 0 heterocycles. The SMILES string of the molecule is Cc1ccc(Oc2ccc(C(C)(C)C)cc2C)c(C=O)c1. The molecule has 2 nitrogen and oxygen atoms in total. The van der Waals surface area contributed by atoms with E-state index in [0.717, 1.165) is 23.2 Å². The van der Waals surface area contributed by atoms with Crippen LogP contribution in [0.5, 0.6) is 11.5 Å². The third-order valence-electron chi connectivity index (χ3n) is 3.55. The Hall–Kier alpha value is -2.09. The number of ether oxygens (including phenoxy) is 1. The summed E-state index contributed by atoms with van der Waals surface area (Å²) in [6.45, 7) is 10.5. The summed E-state index contributed by atoms with van der Waals surface area (Å²) in [7, 11) is 0. The quantitative estimate of drug-likeness (QED) is 0.723. The van der Waals surface area contributed by atoms with E-state index in [-0.39, 0.29) is 5.41 Å². The Morgan fingerprint density at radius 2 is 1.62 bits per heavy atom. The van der Waals surface area contributed by atoms with Crippen LogP contribution in [0.4, 0.5) is 0 Å². The largest absolute Gasteiger partial charge is 0.456 e. The first kappa shape index (κ1) is 15.3. The van der Waals surface area contributed by atoms with Crippen LogP contribution in [0.25, 0.3) is 0 Å². The summed E-state index contributed by atoms with van der Waals surface area (Å²) in [6.07, 6.45) is 0.835. The first-order valence-corrected chi connectivity index (χ1v) is 7.16. The Morgan fingerprint density at radius 3 is 2.19 bits per heavy atom. The fourth-order valence-electron chi connectivity index (χ4n) is 2.20. The lowest BCUT2D eigenvalue weighted by Crippen LogP contribution is -2.11. The molecule has 0 aliphatic carbocycles. The van der Waals surface area contributed by atoms with Crippen molar-refractivity contribution in [2.75, 3.05) is 0 Å². The van der Waals surface area contributed by atoms with Crippen molar-refractivity contribution in [3.05, 3.63) is 58.7 Å². The van der Waals surface area contributed by atoms with Gasteiger partial charge in [-0.1, -0.05) is 44.5 Å². The minimum atomic E-state index is 0.112. The molecule has 2 aromatic carbocycles. The second-order valence-electron chi connectivity index (χ2n) is 6.49.